The van der Waals surface area contributed by atoms with E-state index in [0.29, 0.717) is 13.2 Å². The molecule has 0 aliphatic rings. The van der Waals surface area contributed by atoms with Gasteiger partial charge in [0, 0.05) is 18.7 Å². The number of carbonyl (C=O) groups excluding carboxylic acids is 1. The molecule has 0 unspecified atom stereocenters. The predicted molar refractivity (Wildman–Crippen MR) is 69.2 cm³/mol. The van der Waals surface area contributed by atoms with E-state index >= 15 is 0 Å². The van der Waals surface area contributed by atoms with Crippen molar-refractivity contribution >= 4 is 5.91 Å². The number of hydrogen-bond donors (Lipinski definition) is 1. The van der Waals surface area contributed by atoms with E-state index in [1.165, 1.54) is 0 Å². The minimum absolute atomic E-state index is 0.0155. The molecule has 1 amide bonds. The Morgan fingerprint density at radius 1 is 1.41 bits per heavy atom. The lowest BCUT2D eigenvalue weighted by Gasteiger charge is -2.08. The van der Waals surface area contributed by atoms with Gasteiger partial charge < -0.3 is 10.1 Å². The Balaban J connectivity index is 2.26. The Hall–Kier alpha value is -1.35. The summed E-state index contributed by atoms with van der Waals surface area (Å²) in [5.74, 6) is -0.0155. The molecule has 1 rings (SSSR count). The molecule has 3 heteroatoms. The van der Waals surface area contributed by atoms with Gasteiger partial charge in [-0.1, -0.05) is 17.7 Å². The predicted octanol–water partition coefficient (Wildman–Crippen LogP) is 2.54. The van der Waals surface area contributed by atoms with Crippen LogP contribution in [0, 0.1) is 6.92 Å². The summed E-state index contributed by atoms with van der Waals surface area (Å²) in [7, 11) is 0. The van der Waals surface area contributed by atoms with Gasteiger partial charge in [-0.05, 0) is 39.3 Å². The third-order valence-corrected chi connectivity index (χ3v) is 2.34. The SMILES string of the molecule is Cc1cccc(C(=O)NCCCOC(C)C)c1. The maximum atomic E-state index is 11.7. The molecule has 0 saturated carbocycles. The first-order valence-electron chi connectivity index (χ1n) is 6.06. The van der Waals surface area contributed by atoms with Crippen molar-refractivity contribution < 1.29 is 9.53 Å². The van der Waals surface area contributed by atoms with E-state index in [0.717, 1.165) is 17.5 Å². The molecule has 3 nitrogen and oxygen atoms in total. The zero-order valence-electron chi connectivity index (χ0n) is 10.8. The molecule has 0 atom stereocenters. The molecule has 0 saturated heterocycles. The van der Waals surface area contributed by atoms with Gasteiger partial charge in [-0.3, -0.25) is 4.79 Å². The zero-order chi connectivity index (χ0) is 12.7. The largest absolute Gasteiger partial charge is 0.379 e. The number of ether oxygens (including phenoxy) is 1. The van der Waals surface area contributed by atoms with Gasteiger partial charge in [0.1, 0.15) is 0 Å². The van der Waals surface area contributed by atoms with Crippen LogP contribution in [0.1, 0.15) is 36.2 Å². The Labute approximate surface area is 103 Å². The molecule has 0 fully saturated rings. The number of benzene rings is 1. The number of carbonyl (C=O) groups is 1. The highest BCUT2D eigenvalue weighted by molar-refractivity contribution is 5.94. The summed E-state index contributed by atoms with van der Waals surface area (Å²) in [5, 5.41) is 2.88. The summed E-state index contributed by atoms with van der Waals surface area (Å²) in [6, 6.07) is 7.59. The summed E-state index contributed by atoms with van der Waals surface area (Å²) >= 11 is 0. The van der Waals surface area contributed by atoms with Crippen molar-refractivity contribution in [2.24, 2.45) is 0 Å². The van der Waals surface area contributed by atoms with E-state index in [1.54, 1.807) is 0 Å². The number of hydrogen-bond acceptors (Lipinski definition) is 2. The molecular weight excluding hydrogens is 214 g/mol. The van der Waals surface area contributed by atoms with Crippen LogP contribution in [0.5, 0.6) is 0 Å². The molecule has 0 aliphatic carbocycles. The normalized spacial score (nSPS) is 10.6. The number of rotatable bonds is 6. The van der Waals surface area contributed by atoms with Crippen molar-refractivity contribution in [1.82, 2.24) is 5.32 Å². The monoisotopic (exact) mass is 235 g/mol. The maximum Gasteiger partial charge on any atom is 0.251 e. The first kappa shape index (κ1) is 13.7. The minimum atomic E-state index is -0.0155. The molecule has 17 heavy (non-hydrogen) atoms. The quantitative estimate of drug-likeness (QED) is 0.769. The van der Waals surface area contributed by atoms with Crippen molar-refractivity contribution in [2.45, 2.75) is 33.3 Å². The van der Waals surface area contributed by atoms with Gasteiger partial charge in [-0.25, -0.2) is 0 Å². The van der Waals surface area contributed by atoms with E-state index in [-0.39, 0.29) is 12.0 Å². The van der Waals surface area contributed by atoms with Crippen molar-refractivity contribution in [2.75, 3.05) is 13.2 Å². The highest BCUT2D eigenvalue weighted by Crippen LogP contribution is 2.03. The van der Waals surface area contributed by atoms with Gasteiger partial charge in [0.25, 0.3) is 5.91 Å². The molecule has 0 radical (unpaired) electrons. The van der Waals surface area contributed by atoms with E-state index in [2.05, 4.69) is 5.32 Å². The van der Waals surface area contributed by atoms with Crippen LogP contribution in [0.2, 0.25) is 0 Å². The van der Waals surface area contributed by atoms with E-state index in [9.17, 15) is 4.79 Å². The summed E-state index contributed by atoms with van der Waals surface area (Å²) in [5.41, 5.74) is 1.82. The second kappa shape index (κ2) is 7.07. The fourth-order valence-corrected chi connectivity index (χ4v) is 1.48. The van der Waals surface area contributed by atoms with Gasteiger partial charge in [0.05, 0.1) is 6.10 Å². The second-order valence-corrected chi connectivity index (χ2v) is 4.40. The summed E-state index contributed by atoms with van der Waals surface area (Å²) in [6.45, 7) is 7.33. The lowest BCUT2D eigenvalue weighted by atomic mass is 10.1. The third-order valence-electron chi connectivity index (χ3n) is 2.34. The third kappa shape index (κ3) is 5.50. The molecule has 94 valence electrons. The van der Waals surface area contributed by atoms with Crippen LogP contribution in [0.25, 0.3) is 0 Å². The summed E-state index contributed by atoms with van der Waals surface area (Å²) in [4.78, 5) is 11.7. The van der Waals surface area contributed by atoms with Gasteiger partial charge in [0.2, 0.25) is 0 Å². The van der Waals surface area contributed by atoms with Gasteiger partial charge in [0.15, 0.2) is 0 Å². The van der Waals surface area contributed by atoms with Crippen LogP contribution < -0.4 is 5.32 Å². The summed E-state index contributed by atoms with van der Waals surface area (Å²) < 4.78 is 5.40. The highest BCUT2D eigenvalue weighted by atomic mass is 16.5. The molecule has 0 aromatic heterocycles. The van der Waals surface area contributed by atoms with Crippen molar-refractivity contribution in [3.05, 3.63) is 35.4 Å². The zero-order valence-corrected chi connectivity index (χ0v) is 10.8. The Bertz CT molecular complexity index is 361. The summed E-state index contributed by atoms with van der Waals surface area (Å²) in [6.07, 6.45) is 1.10. The highest BCUT2D eigenvalue weighted by Gasteiger charge is 2.04. The lowest BCUT2D eigenvalue weighted by Crippen LogP contribution is -2.25. The number of aryl methyl sites for hydroxylation is 1. The van der Waals surface area contributed by atoms with Crippen LogP contribution in [0.15, 0.2) is 24.3 Å². The molecule has 0 heterocycles. The molecule has 1 aromatic carbocycles. The first-order valence-corrected chi connectivity index (χ1v) is 6.06. The molecule has 1 aromatic rings. The average Bonchev–Trinajstić information content (AvgIpc) is 2.28. The van der Waals surface area contributed by atoms with Crippen molar-refractivity contribution in [3.63, 3.8) is 0 Å². The molecule has 0 spiro atoms. The first-order chi connectivity index (χ1) is 8.09. The molecule has 0 bridgehead atoms. The van der Waals surface area contributed by atoms with Gasteiger partial charge >= 0.3 is 0 Å². The van der Waals surface area contributed by atoms with Gasteiger partial charge in [-0.15, -0.1) is 0 Å². The topological polar surface area (TPSA) is 38.3 Å². The smallest absolute Gasteiger partial charge is 0.251 e. The lowest BCUT2D eigenvalue weighted by molar-refractivity contribution is 0.0757. The number of amides is 1. The molecular formula is C14H21NO2. The Morgan fingerprint density at radius 3 is 2.82 bits per heavy atom. The van der Waals surface area contributed by atoms with Crippen molar-refractivity contribution in [1.29, 1.82) is 0 Å². The average molecular weight is 235 g/mol. The van der Waals surface area contributed by atoms with Crippen LogP contribution in [0.3, 0.4) is 0 Å². The fourth-order valence-electron chi connectivity index (χ4n) is 1.48. The van der Waals surface area contributed by atoms with E-state index < -0.39 is 0 Å². The van der Waals surface area contributed by atoms with Crippen molar-refractivity contribution in [3.8, 4) is 0 Å². The maximum absolute atomic E-state index is 11.7. The van der Waals surface area contributed by atoms with E-state index in [4.69, 9.17) is 4.74 Å². The standard InChI is InChI=1S/C14H21NO2/c1-11(2)17-9-5-8-15-14(16)13-7-4-6-12(3)10-13/h4,6-7,10-11H,5,8-9H2,1-3H3,(H,15,16). The van der Waals surface area contributed by atoms with Gasteiger partial charge in [-0.2, -0.15) is 0 Å². The van der Waals surface area contributed by atoms with Crippen LogP contribution in [-0.2, 0) is 4.74 Å². The minimum Gasteiger partial charge on any atom is -0.379 e. The van der Waals surface area contributed by atoms with E-state index in [1.807, 2.05) is 45.0 Å². The van der Waals surface area contributed by atoms with Crippen LogP contribution >= 0.6 is 0 Å². The second-order valence-electron chi connectivity index (χ2n) is 4.40. The molecule has 0 aliphatic heterocycles. The van der Waals surface area contributed by atoms with Crippen LogP contribution in [-0.4, -0.2) is 25.2 Å². The Kier molecular flexibility index (Phi) is 5.70. The Morgan fingerprint density at radius 2 is 2.18 bits per heavy atom. The number of nitrogens with one attached hydrogen (secondary N) is 1. The molecule has 1 N–H and O–H groups in total. The fraction of sp³-hybridized carbons (Fsp3) is 0.500. The van der Waals surface area contributed by atoms with Crippen LogP contribution in [0.4, 0.5) is 0 Å².